The summed E-state index contributed by atoms with van der Waals surface area (Å²) >= 11 is 0. The fourth-order valence-electron chi connectivity index (χ4n) is 5.20. The molecule has 330 valence electrons. The van der Waals surface area contributed by atoms with Crippen LogP contribution in [0.5, 0.6) is 23.0 Å². The average molecular weight is 897 g/mol. The monoisotopic (exact) mass is 896 g/mol. The van der Waals surface area contributed by atoms with Gasteiger partial charge in [0.1, 0.15) is 6.61 Å². The molecule has 0 aliphatic rings. The van der Waals surface area contributed by atoms with Crippen LogP contribution in [-0.4, -0.2) is 65.1 Å². The van der Waals surface area contributed by atoms with E-state index in [1.54, 1.807) is 0 Å². The summed E-state index contributed by atoms with van der Waals surface area (Å²) in [5.74, 6) is -14.2. The first kappa shape index (κ1) is 49.6. The number of halogens is 9. The van der Waals surface area contributed by atoms with E-state index >= 15 is 0 Å². The lowest BCUT2D eigenvalue weighted by Gasteiger charge is -2.22. The highest BCUT2D eigenvalue weighted by Gasteiger charge is 2.44. The van der Waals surface area contributed by atoms with Crippen LogP contribution in [0, 0.1) is 46.7 Å². The molecule has 3 rings (SSSR count). The van der Waals surface area contributed by atoms with Crippen LogP contribution in [0.3, 0.4) is 0 Å². The van der Waals surface area contributed by atoms with Crippen molar-refractivity contribution in [3.63, 3.8) is 0 Å². The first-order valence-corrected chi connectivity index (χ1v) is 21.5. The summed E-state index contributed by atoms with van der Waals surface area (Å²) in [5, 5.41) is 19.3. The predicted octanol–water partition coefficient (Wildman–Crippen LogP) is 9.44. The zero-order valence-electron chi connectivity index (χ0n) is 31.3. The van der Waals surface area contributed by atoms with Crippen LogP contribution in [-0.2, 0) is 9.13 Å². The van der Waals surface area contributed by atoms with Crippen molar-refractivity contribution in [3.8, 4) is 34.1 Å². The van der Waals surface area contributed by atoms with Crippen LogP contribution in [0.4, 0.5) is 39.5 Å². The van der Waals surface area contributed by atoms with Crippen LogP contribution >= 0.6 is 15.0 Å². The highest BCUT2D eigenvalue weighted by Crippen LogP contribution is 2.43. The minimum absolute atomic E-state index is 0.0560. The van der Waals surface area contributed by atoms with Gasteiger partial charge in [-0.05, 0) is 80.8 Å². The molecule has 0 saturated carbocycles. The summed E-state index contributed by atoms with van der Waals surface area (Å²) in [7, 11) is -8.70. The second-order valence-corrected chi connectivity index (χ2v) is 17.3. The standard InChI is InChI=1S/C36H43F9N2O10P2/c1-22(19-56-29-15-14-27(34(41)35(29)42)55-17-7-8-18-58(50,51)46-48)9-5-3-2-4-6-16-54-26-12-10-24(30(37)32(26)39)25-11-13-28(33(40)31(25)38)57-20-23(36(43,44)45)21-59(52,53)47-49/h2-3,10-15,22-23,48-49H,4-9,16-21H2,1H3,(H2,46,50,51)(H2,47,52,53)/b3-2-/t22-,23+/m1/s1. The van der Waals surface area contributed by atoms with Gasteiger partial charge in [0.15, 0.2) is 34.6 Å². The molecule has 3 aromatic rings. The Bertz CT molecular complexity index is 1980. The zero-order valence-corrected chi connectivity index (χ0v) is 33.1. The maximum atomic E-state index is 15.0. The van der Waals surface area contributed by atoms with Crippen LogP contribution in [0.15, 0.2) is 48.6 Å². The molecule has 59 heavy (non-hydrogen) atoms. The number of rotatable bonds is 25. The second kappa shape index (κ2) is 22.7. The van der Waals surface area contributed by atoms with Gasteiger partial charge in [-0.25, -0.2) is 8.78 Å². The van der Waals surface area contributed by atoms with Gasteiger partial charge in [0.25, 0.3) is 15.0 Å². The number of hydrogen-bond acceptors (Lipinski definition) is 8. The molecule has 0 spiro atoms. The van der Waals surface area contributed by atoms with Gasteiger partial charge in [-0.2, -0.15) is 30.7 Å². The smallest absolute Gasteiger partial charge is 0.395 e. The number of ether oxygens (including phenoxy) is 4. The normalized spacial score (nSPS) is 15.1. The number of hydrogen-bond donors (Lipinski definition) is 6. The summed E-state index contributed by atoms with van der Waals surface area (Å²) in [6.45, 7) is 0.368. The van der Waals surface area contributed by atoms with Gasteiger partial charge in [0.05, 0.1) is 31.9 Å². The van der Waals surface area contributed by atoms with Crippen molar-refractivity contribution in [1.29, 1.82) is 0 Å². The molecule has 2 unspecified atom stereocenters. The molecule has 0 amide bonds. The van der Waals surface area contributed by atoms with E-state index in [1.807, 2.05) is 19.1 Å². The van der Waals surface area contributed by atoms with E-state index < -0.39 is 97.4 Å². The summed E-state index contributed by atoms with van der Waals surface area (Å²) < 4.78 is 172. The first-order valence-electron chi connectivity index (χ1n) is 17.8. The Balaban J connectivity index is 1.42. The van der Waals surface area contributed by atoms with E-state index in [4.69, 9.17) is 29.4 Å². The molecular weight excluding hydrogens is 853 g/mol. The fourth-order valence-corrected chi connectivity index (χ4v) is 6.94. The molecule has 4 atom stereocenters. The third-order valence-corrected chi connectivity index (χ3v) is 11.0. The maximum Gasteiger partial charge on any atom is 0.395 e. The van der Waals surface area contributed by atoms with Crippen LogP contribution < -0.4 is 29.4 Å². The summed E-state index contributed by atoms with van der Waals surface area (Å²) in [5.41, 5.74) is -1.52. The number of allylic oxidation sites excluding steroid dienone is 2. The summed E-state index contributed by atoms with van der Waals surface area (Å²) in [6.07, 6.45) is -0.719. The lowest BCUT2D eigenvalue weighted by molar-refractivity contribution is -0.175. The van der Waals surface area contributed by atoms with Crippen molar-refractivity contribution >= 4 is 15.0 Å². The molecule has 0 aliphatic heterocycles. The van der Waals surface area contributed by atoms with Crippen LogP contribution in [0.25, 0.3) is 11.1 Å². The number of unbranched alkanes of at least 4 members (excludes halogenated alkanes) is 2. The van der Waals surface area contributed by atoms with E-state index in [0.29, 0.717) is 31.7 Å². The van der Waals surface area contributed by atoms with Gasteiger partial charge >= 0.3 is 6.18 Å². The molecule has 12 nitrogen and oxygen atoms in total. The minimum Gasteiger partial charge on any atom is -0.490 e. The van der Waals surface area contributed by atoms with Gasteiger partial charge in [-0.3, -0.25) is 9.13 Å². The van der Waals surface area contributed by atoms with Crippen molar-refractivity contribution in [2.45, 2.75) is 51.6 Å². The van der Waals surface area contributed by atoms with Crippen molar-refractivity contribution in [2.24, 2.45) is 11.8 Å². The summed E-state index contributed by atoms with van der Waals surface area (Å²) in [6, 6.07) is 5.73. The van der Waals surface area contributed by atoms with Crippen molar-refractivity contribution < 1.29 is 87.8 Å². The Hall–Kier alpha value is -3.81. The SMILES string of the molecule is C[C@H](CC/C=C\CCCOc1ccc(-c2ccc(OC[C@@H](CP(=O)(O)NO)C(F)(F)F)c(F)c2F)c(F)c1F)COc1ccc(OCCCCP(=O)(O)NO)c(F)c1F. The highest BCUT2D eigenvalue weighted by molar-refractivity contribution is 7.55. The molecule has 0 aromatic heterocycles. The molecule has 6 N–H and O–H groups in total. The summed E-state index contributed by atoms with van der Waals surface area (Å²) in [4.78, 5) is 18.5. The lowest BCUT2D eigenvalue weighted by Crippen LogP contribution is -2.33. The van der Waals surface area contributed by atoms with E-state index in [9.17, 15) is 58.4 Å². The molecule has 0 fully saturated rings. The van der Waals surface area contributed by atoms with Crippen LogP contribution in [0.1, 0.15) is 45.4 Å². The van der Waals surface area contributed by atoms with E-state index in [1.165, 1.54) is 17.4 Å². The Morgan fingerprint density at radius 2 is 1.07 bits per heavy atom. The topological polar surface area (TPSA) is 176 Å². The molecule has 0 heterocycles. The largest absolute Gasteiger partial charge is 0.490 e. The first-order chi connectivity index (χ1) is 27.7. The Kier molecular flexibility index (Phi) is 19.1. The van der Waals surface area contributed by atoms with Crippen molar-refractivity contribution in [3.05, 3.63) is 83.5 Å². The minimum atomic E-state index is -5.13. The lowest BCUT2D eigenvalue weighted by atomic mass is 10.0. The number of nitrogens with one attached hydrogen (secondary N) is 2. The van der Waals surface area contributed by atoms with Gasteiger partial charge in [-0.15, -0.1) is 10.5 Å². The molecular formula is C36H43F9N2O10P2. The Labute approximate surface area is 332 Å². The van der Waals surface area contributed by atoms with E-state index in [0.717, 1.165) is 23.4 Å². The number of alkyl halides is 3. The molecule has 23 heteroatoms. The zero-order chi connectivity index (χ0) is 44.0. The quantitative estimate of drug-likeness (QED) is 0.0157. The molecule has 0 aliphatic carbocycles. The van der Waals surface area contributed by atoms with Gasteiger partial charge in [0, 0.05) is 17.3 Å². The molecule has 0 bridgehead atoms. The van der Waals surface area contributed by atoms with Crippen molar-refractivity contribution in [2.75, 3.05) is 38.8 Å². The maximum absolute atomic E-state index is 15.0. The van der Waals surface area contributed by atoms with Gasteiger partial charge in [0.2, 0.25) is 23.3 Å². The highest BCUT2D eigenvalue weighted by atomic mass is 31.2. The predicted molar refractivity (Wildman–Crippen MR) is 195 cm³/mol. The molecule has 0 saturated heterocycles. The average Bonchev–Trinajstić information content (AvgIpc) is 3.18. The third-order valence-electron chi connectivity index (χ3n) is 8.48. The van der Waals surface area contributed by atoms with Crippen molar-refractivity contribution in [1.82, 2.24) is 10.5 Å². The number of benzene rings is 3. The van der Waals surface area contributed by atoms with Gasteiger partial charge < -0.3 is 39.1 Å². The molecule has 0 radical (unpaired) electrons. The Morgan fingerprint density at radius 3 is 1.58 bits per heavy atom. The van der Waals surface area contributed by atoms with Gasteiger partial charge in [-0.1, -0.05) is 19.1 Å². The third kappa shape index (κ3) is 15.3. The van der Waals surface area contributed by atoms with E-state index in [2.05, 4.69) is 0 Å². The second-order valence-electron chi connectivity index (χ2n) is 13.2. The van der Waals surface area contributed by atoms with E-state index in [-0.39, 0.29) is 56.2 Å². The Morgan fingerprint density at radius 1 is 0.627 bits per heavy atom. The fraction of sp³-hybridized carbons (Fsp3) is 0.444. The molecule has 3 aromatic carbocycles. The van der Waals surface area contributed by atoms with Crippen LogP contribution in [0.2, 0.25) is 0 Å².